The Bertz CT molecular complexity index is 1300. The van der Waals surface area contributed by atoms with Crippen molar-refractivity contribution < 1.29 is 28.6 Å². The molecule has 0 aromatic heterocycles. The Labute approximate surface area is 486 Å². The topological polar surface area (TPSA) is 78.9 Å². The van der Waals surface area contributed by atoms with Crippen LogP contribution in [0.25, 0.3) is 0 Å². The van der Waals surface area contributed by atoms with Gasteiger partial charge in [-0.05, 0) is 96.3 Å². The fourth-order valence-electron chi connectivity index (χ4n) is 10.5. The Balaban J connectivity index is 4.28. The molecule has 0 N–H and O–H groups in total. The number of allylic oxidation sites excluding steroid dienone is 6. The van der Waals surface area contributed by atoms with Crippen molar-refractivity contribution in [3.8, 4) is 0 Å². The smallest absolute Gasteiger partial charge is 0.306 e. The number of unbranched alkanes of at least 4 members (excludes halogenated alkanes) is 48. The van der Waals surface area contributed by atoms with Crippen LogP contribution in [0.15, 0.2) is 36.5 Å². The first kappa shape index (κ1) is 75.6. The predicted molar refractivity (Wildman–Crippen MR) is 339 cm³/mol. The molecule has 6 heteroatoms. The van der Waals surface area contributed by atoms with Crippen LogP contribution in [0.3, 0.4) is 0 Å². The molecule has 0 saturated carbocycles. The molecule has 0 aromatic carbocycles. The van der Waals surface area contributed by atoms with Crippen LogP contribution in [-0.2, 0) is 28.6 Å². The van der Waals surface area contributed by atoms with Gasteiger partial charge in [0.1, 0.15) is 13.2 Å². The minimum Gasteiger partial charge on any atom is -0.462 e. The molecule has 6 nitrogen and oxygen atoms in total. The van der Waals surface area contributed by atoms with Gasteiger partial charge in [-0.2, -0.15) is 0 Å². The average Bonchev–Trinajstić information content (AvgIpc) is 3.44. The maximum absolute atomic E-state index is 12.9. The van der Waals surface area contributed by atoms with Crippen molar-refractivity contribution in [3.05, 3.63) is 36.5 Å². The van der Waals surface area contributed by atoms with E-state index in [-0.39, 0.29) is 31.1 Å². The van der Waals surface area contributed by atoms with E-state index in [2.05, 4.69) is 57.2 Å². The molecular weight excluding hydrogens is 961 g/mol. The number of carbonyl (C=O) groups is 3. The van der Waals surface area contributed by atoms with Crippen molar-refractivity contribution in [1.29, 1.82) is 0 Å². The highest BCUT2D eigenvalue weighted by Crippen LogP contribution is 2.18. The van der Waals surface area contributed by atoms with E-state index in [1.807, 2.05) is 0 Å². The highest BCUT2D eigenvalue weighted by Gasteiger charge is 2.19. The lowest BCUT2D eigenvalue weighted by Gasteiger charge is -2.18. The number of hydrogen-bond acceptors (Lipinski definition) is 6. The van der Waals surface area contributed by atoms with Crippen LogP contribution in [0.5, 0.6) is 0 Å². The molecule has 0 saturated heterocycles. The van der Waals surface area contributed by atoms with Gasteiger partial charge in [0.25, 0.3) is 0 Å². The lowest BCUT2D eigenvalue weighted by molar-refractivity contribution is -0.167. The highest BCUT2D eigenvalue weighted by atomic mass is 16.6. The van der Waals surface area contributed by atoms with Gasteiger partial charge in [0.05, 0.1) is 0 Å². The lowest BCUT2D eigenvalue weighted by Crippen LogP contribution is -2.30. The molecule has 0 aliphatic rings. The van der Waals surface area contributed by atoms with E-state index >= 15 is 0 Å². The van der Waals surface area contributed by atoms with Gasteiger partial charge < -0.3 is 14.2 Å². The molecule has 0 spiro atoms. The maximum Gasteiger partial charge on any atom is 0.306 e. The molecule has 0 rings (SSSR count). The van der Waals surface area contributed by atoms with E-state index in [0.29, 0.717) is 19.3 Å². The molecule has 0 radical (unpaired) electrons. The predicted octanol–water partition coefficient (Wildman–Crippen LogP) is 23.9. The Hall–Kier alpha value is -2.37. The van der Waals surface area contributed by atoms with Gasteiger partial charge in [-0.15, -0.1) is 0 Å². The normalized spacial score (nSPS) is 12.2. The van der Waals surface area contributed by atoms with Crippen molar-refractivity contribution in [3.63, 3.8) is 0 Å². The summed E-state index contributed by atoms with van der Waals surface area (Å²) < 4.78 is 17.0. The molecule has 0 fully saturated rings. The standard InChI is InChI=1S/C72H134O6/c1-4-7-10-13-16-19-22-25-28-30-32-34-36-38-40-42-44-47-50-53-56-59-62-65-71(74)77-68-69(67-76-70(73)64-61-58-55-52-49-46-27-24-21-18-15-12-9-6-3)78-72(75)66-63-60-57-54-51-48-45-43-41-39-37-35-33-31-29-26-23-20-17-14-11-8-5-2/h24,27,30-33,69H,4-23,25-26,28-29,34-68H2,1-3H3/b27-24-,32-30-,33-31-. The zero-order chi connectivity index (χ0) is 56.4. The Morgan fingerprint density at radius 3 is 0.641 bits per heavy atom. The summed E-state index contributed by atoms with van der Waals surface area (Å²) in [6, 6.07) is 0. The van der Waals surface area contributed by atoms with Gasteiger partial charge in [-0.3, -0.25) is 14.4 Å². The maximum atomic E-state index is 12.9. The first-order valence-corrected chi connectivity index (χ1v) is 35.0. The molecule has 1 atom stereocenters. The second-order valence-corrected chi connectivity index (χ2v) is 23.8. The van der Waals surface area contributed by atoms with Crippen LogP contribution in [0, 0.1) is 0 Å². The van der Waals surface area contributed by atoms with Crippen LogP contribution in [0.2, 0.25) is 0 Å². The molecule has 0 aromatic rings. The zero-order valence-electron chi connectivity index (χ0n) is 52.7. The summed E-state index contributed by atoms with van der Waals surface area (Å²) in [5, 5.41) is 0. The average molecular weight is 1100 g/mol. The molecule has 0 heterocycles. The summed E-state index contributed by atoms with van der Waals surface area (Å²) in [5.41, 5.74) is 0. The minimum atomic E-state index is -0.776. The first-order valence-electron chi connectivity index (χ1n) is 35.0. The Morgan fingerprint density at radius 1 is 0.244 bits per heavy atom. The molecule has 1 unspecified atom stereocenters. The van der Waals surface area contributed by atoms with Crippen molar-refractivity contribution in [2.75, 3.05) is 13.2 Å². The van der Waals surface area contributed by atoms with E-state index in [1.54, 1.807) is 0 Å². The fraction of sp³-hybridized carbons (Fsp3) is 0.875. The van der Waals surface area contributed by atoms with Crippen molar-refractivity contribution >= 4 is 17.9 Å². The van der Waals surface area contributed by atoms with Crippen molar-refractivity contribution in [2.24, 2.45) is 0 Å². The first-order chi connectivity index (χ1) is 38.5. The second kappa shape index (κ2) is 67.1. The van der Waals surface area contributed by atoms with Gasteiger partial charge in [0.15, 0.2) is 6.10 Å². The SMILES string of the molecule is CCCCCCC/C=C\CCCCCCCC(=O)OCC(COC(=O)CCCCCCCCCCCCC/C=C\CCCCCCCCCC)OC(=O)CCCCCCCCCCCCC/C=C\CCCCCCCCCC. The zero-order valence-corrected chi connectivity index (χ0v) is 52.7. The van der Waals surface area contributed by atoms with Gasteiger partial charge in [-0.25, -0.2) is 0 Å². The van der Waals surface area contributed by atoms with Gasteiger partial charge in [0.2, 0.25) is 0 Å². The molecule has 0 bridgehead atoms. The summed E-state index contributed by atoms with van der Waals surface area (Å²) in [4.78, 5) is 38.4. The van der Waals surface area contributed by atoms with Crippen molar-refractivity contribution in [1.82, 2.24) is 0 Å². The Morgan fingerprint density at radius 2 is 0.423 bits per heavy atom. The number of esters is 3. The largest absolute Gasteiger partial charge is 0.462 e. The van der Waals surface area contributed by atoms with Gasteiger partial charge >= 0.3 is 17.9 Å². The number of rotatable bonds is 65. The summed E-state index contributed by atoms with van der Waals surface area (Å²) in [5.74, 6) is -0.856. The van der Waals surface area contributed by atoms with E-state index < -0.39 is 6.10 Å². The van der Waals surface area contributed by atoms with E-state index in [4.69, 9.17) is 14.2 Å². The molecule has 458 valence electrons. The van der Waals surface area contributed by atoms with Crippen LogP contribution in [0.4, 0.5) is 0 Å². The summed E-state index contributed by atoms with van der Waals surface area (Å²) >= 11 is 0. The van der Waals surface area contributed by atoms with E-state index in [0.717, 1.165) is 64.2 Å². The van der Waals surface area contributed by atoms with Gasteiger partial charge in [-0.1, -0.05) is 308 Å². The van der Waals surface area contributed by atoms with Crippen LogP contribution in [0.1, 0.15) is 387 Å². The summed E-state index contributed by atoms with van der Waals surface area (Å²) in [6.07, 6.45) is 83.1. The highest BCUT2D eigenvalue weighted by molar-refractivity contribution is 5.71. The fourth-order valence-corrected chi connectivity index (χ4v) is 10.5. The molecule has 78 heavy (non-hydrogen) atoms. The molecule has 0 amide bonds. The van der Waals surface area contributed by atoms with Crippen molar-refractivity contribution in [2.45, 2.75) is 393 Å². The quantitative estimate of drug-likeness (QED) is 0.0261. The van der Waals surface area contributed by atoms with Crippen LogP contribution >= 0.6 is 0 Å². The van der Waals surface area contributed by atoms with Gasteiger partial charge in [0, 0.05) is 19.3 Å². The minimum absolute atomic E-state index is 0.0718. The lowest BCUT2D eigenvalue weighted by atomic mass is 10.0. The van der Waals surface area contributed by atoms with Crippen LogP contribution in [-0.4, -0.2) is 37.2 Å². The molecule has 0 aliphatic heterocycles. The summed E-state index contributed by atoms with van der Waals surface area (Å²) in [6.45, 7) is 6.69. The molecule has 0 aliphatic carbocycles. The van der Waals surface area contributed by atoms with E-state index in [1.165, 1.54) is 283 Å². The monoisotopic (exact) mass is 1100 g/mol. The Kier molecular flexibility index (Phi) is 65.1. The number of hydrogen-bond donors (Lipinski definition) is 0. The third-order valence-corrected chi connectivity index (χ3v) is 15.8. The van der Waals surface area contributed by atoms with E-state index in [9.17, 15) is 14.4 Å². The van der Waals surface area contributed by atoms with Crippen LogP contribution < -0.4 is 0 Å². The third-order valence-electron chi connectivity index (χ3n) is 15.8. The second-order valence-electron chi connectivity index (χ2n) is 23.8. The molecular formula is C72H134O6. The third kappa shape index (κ3) is 64.5. The number of ether oxygens (including phenoxy) is 3. The number of carbonyl (C=O) groups excluding carboxylic acids is 3. The summed E-state index contributed by atoms with van der Waals surface area (Å²) in [7, 11) is 0.